The van der Waals surface area contributed by atoms with Gasteiger partial charge in [0, 0.05) is 47.5 Å². The monoisotopic (exact) mass is 390 g/mol. The molecule has 3 aromatic rings. The molecule has 4 rings (SSSR count). The van der Waals surface area contributed by atoms with Gasteiger partial charge in [-0.1, -0.05) is 24.3 Å². The molecule has 1 saturated heterocycles. The molecule has 148 valence electrons. The summed E-state index contributed by atoms with van der Waals surface area (Å²) in [5.74, 6) is -0.549. The Balaban J connectivity index is 1.45. The van der Waals surface area contributed by atoms with Crippen molar-refractivity contribution in [3.8, 4) is 0 Å². The van der Waals surface area contributed by atoms with Crippen LogP contribution in [0.5, 0.6) is 0 Å². The number of hydrogen-bond donors (Lipinski definition) is 2. The number of para-hydroxylation sites is 1. The van der Waals surface area contributed by atoms with Crippen molar-refractivity contribution in [3.63, 3.8) is 0 Å². The summed E-state index contributed by atoms with van der Waals surface area (Å²) in [6, 6.07) is 14.0. The molecular formula is C22H22N4O3. The van der Waals surface area contributed by atoms with Crippen LogP contribution in [0.2, 0.25) is 0 Å². The lowest BCUT2D eigenvalue weighted by atomic mass is 10.1. The molecule has 7 heteroatoms. The summed E-state index contributed by atoms with van der Waals surface area (Å²) in [5, 5.41) is 7.49. The third-order valence-electron chi connectivity index (χ3n) is 5.11. The molecule has 1 fully saturated rings. The highest BCUT2D eigenvalue weighted by molar-refractivity contribution is 6.08. The summed E-state index contributed by atoms with van der Waals surface area (Å²) in [6.45, 7) is 3.41. The van der Waals surface area contributed by atoms with Gasteiger partial charge in [-0.3, -0.25) is 14.5 Å². The van der Waals surface area contributed by atoms with Crippen molar-refractivity contribution < 1.29 is 14.4 Å². The molecule has 1 aliphatic rings. The van der Waals surface area contributed by atoms with E-state index in [9.17, 15) is 14.4 Å². The van der Waals surface area contributed by atoms with Gasteiger partial charge in [0.15, 0.2) is 0 Å². The molecule has 2 aromatic carbocycles. The maximum atomic E-state index is 12.1. The summed E-state index contributed by atoms with van der Waals surface area (Å²) in [6.07, 6.45) is 3.23. The molecule has 7 nitrogen and oxygen atoms in total. The van der Waals surface area contributed by atoms with Crippen LogP contribution in [-0.2, 0) is 16.1 Å². The van der Waals surface area contributed by atoms with Crippen molar-refractivity contribution in [2.75, 3.05) is 19.6 Å². The highest BCUT2D eigenvalue weighted by Crippen LogP contribution is 2.29. The number of carbonyl (C=O) groups excluding carboxylic acids is 3. The predicted octanol–water partition coefficient (Wildman–Crippen LogP) is 2.50. The molecule has 2 N–H and O–H groups in total. The Kier molecular flexibility index (Phi) is 5.03. The molecule has 0 spiro atoms. The fourth-order valence-corrected chi connectivity index (χ4v) is 3.72. The van der Waals surface area contributed by atoms with Crippen molar-refractivity contribution in [1.82, 2.24) is 20.1 Å². The molecule has 0 saturated carbocycles. The topological polar surface area (TPSA) is 83.4 Å². The van der Waals surface area contributed by atoms with Crippen LogP contribution in [0.15, 0.2) is 48.5 Å². The Labute approximate surface area is 168 Å². The second-order valence-electron chi connectivity index (χ2n) is 6.87. The van der Waals surface area contributed by atoms with Crippen LogP contribution in [0.1, 0.15) is 12.5 Å². The Morgan fingerprint density at radius 3 is 2.69 bits per heavy atom. The lowest BCUT2D eigenvalue weighted by Gasteiger charge is -2.11. The summed E-state index contributed by atoms with van der Waals surface area (Å²) in [5.41, 5.74) is 3.30. The average Bonchev–Trinajstić information content (AvgIpc) is 3.23. The van der Waals surface area contributed by atoms with Crippen LogP contribution in [-0.4, -0.2) is 46.9 Å². The molecule has 0 atom stereocenters. The third kappa shape index (κ3) is 3.59. The van der Waals surface area contributed by atoms with Crippen molar-refractivity contribution in [2.45, 2.75) is 13.5 Å². The summed E-state index contributed by atoms with van der Waals surface area (Å²) >= 11 is 0. The molecule has 0 bridgehead atoms. The number of benzene rings is 2. The first-order chi connectivity index (χ1) is 14.1. The molecule has 1 aromatic heterocycles. The van der Waals surface area contributed by atoms with Crippen LogP contribution < -0.4 is 10.6 Å². The van der Waals surface area contributed by atoms with Gasteiger partial charge < -0.3 is 15.2 Å². The van der Waals surface area contributed by atoms with Crippen molar-refractivity contribution in [3.05, 3.63) is 54.1 Å². The summed E-state index contributed by atoms with van der Waals surface area (Å²) < 4.78 is 2.28. The molecular weight excluding hydrogens is 368 g/mol. The van der Waals surface area contributed by atoms with E-state index in [0.717, 1.165) is 22.4 Å². The Hall–Kier alpha value is -3.61. The smallest absolute Gasteiger partial charge is 0.324 e. The number of amides is 4. The number of fused-ring (bicyclic) bond motifs is 3. The van der Waals surface area contributed by atoms with Gasteiger partial charge in [0.1, 0.15) is 0 Å². The van der Waals surface area contributed by atoms with Crippen molar-refractivity contribution in [2.24, 2.45) is 0 Å². The van der Waals surface area contributed by atoms with Gasteiger partial charge in [0.05, 0.1) is 6.54 Å². The Morgan fingerprint density at radius 1 is 1.14 bits per heavy atom. The first kappa shape index (κ1) is 18.7. The minimum Gasteiger partial charge on any atom is -0.351 e. The standard InChI is InChI=1S/C22H22N4O3/c1-2-25-18-6-4-3-5-16(18)17-13-15(7-9-19(17)25)8-10-20(27)23-11-12-26-21(28)14-24-22(26)29/h3-10,13H,2,11-12,14H2,1H3,(H,23,27)(H,24,29). The van der Waals surface area contributed by atoms with Crippen LogP contribution in [0.25, 0.3) is 27.9 Å². The zero-order valence-electron chi connectivity index (χ0n) is 16.1. The fourth-order valence-electron chi connectivity index (χ4n) is 3.72. The number of rotatable bonds is 6. The van der Waals surface area contributed by atoms with E-state index in [0.29, 0.717) is 0 Å². The molecule has 1 aliphatic heterocycles. The van der Waals surface area contributed by atoms with Crippen molar-refractivity contribution in [1.29, 1.82) is 0 Å². The van der Waals surface area contributed by atoms with Crippen LogP contribution >= 0.6 is 0 Å². The van der Waals surface area contributed by atoms with E-state index in [-0.39, 0.29) is 31.4 Å². The number of urea groups is 1. The molecule has 4 amide bonds. The number of hydrogen-bond acceptors (Lipinski definition) is 3. The van der Waals surface area contributed by atoms with Gasteiger partial charge in [0.25, 0.3) is 0 Å². The van der Waals surface area contributed by atoms with Crippen LogP contribution in [0.4, 0.5) is 4.79 Å². The largest absolute Gasteiger partial charge is 0.351 e. The minimum atomic E-state index is -0.417. The third-order valence-corrected chi connectivity index (χ3v) is 5.11. The molecule has 29 heavy (non-hydrogen) atoms. The van der Waals surface area contributed by atoms with Gasteiger partial charge in [-0.25, -0.2) is 4.79 Å². The number of aromatic nitrogens is 1. The van der Waals surface area contributed by atoms with E-state index >= 15 is 0 Å². The fraction of sp³-hybridized carbons (Fsp3) is 0.227. The number of carbonyl (C=O) groups is 3. The maximum Gasteiger partial charge on any atom is 0.324 e. The minimum absolute atomic E-state index is 0.0175. The van der Waals surface area contributed by atoms with Crippen molar-refractivity contribution >= 4 is 45.7 Å². The average molecular weight is 390 g/mol. The molecule has 0 radical (unpaired) electrons. The van der Waals surface area contributed by atoms with Crippen LogP contribution in [0.3, 0.4) is 0 Å². The Morgan fingerprint density at radius 2 is 1.93 bits per heavy atom. The maximum absolute atomic E-state index is 12.1. The SMILES string of the molecule is CCn1c2ccccc2c2cc(C=CC(=O)NCCN3C(=O)CNC3=O)ccc21. The van der Waals surface area contributed by atoms with Crippen LogP contribution in [0, 0.1) is 0 Å². The number of nitrogens with one attached hydrogen (secondary N) is 2. The number of nitrogens with zero attached hydrogens (tertiary/aromatic N) is 2. The first-order valence-corrected chi connectivity index (χ1v) is 9.63. The second-order valence-corrected chi connectivity index (χ2v) is 6.87. The van der Waals surface area contributed by atoms with E-state index in [4.69, 9.17) is 0 Å². The van der Waals surface area contributed by atoms with E-state index in [1.807, 2.05) is 18.2 Å². The van der Waals surface area contributed by atoms with E-state index in [1.165, 1.54) is 22.5 Å². The first-order valence-electron chi connectivity index (χ1n) is 9.63. The second kappa shape index (κ2) is 7.79. The zero-order valence-corrected chi connectivity index (χ0v) is 16.1. The molecule has 0 aliphatic carbocycles. The van der Waals surface area contributed by atoms with Gasteiger partial charge in [0.2, 0.25) is 11.8 Å². The quantitative estimate of drug-likeness (QED) is 0.501. The normalized spacial score (nSPS) is 14.3. The predicted molar refractivity (Wildman–Crippen MR) is 112 cm³/mol. The van der Waals surface area contributed by atoms with Gasteiger partial charge in [-0.15, -0.1) is 0 Å². The number of imide groups is 1. The summed E-state index contributed by atoms with van der Waals surface area (Å²) in [7, 11) is 0. The lowest BCUT2D eigenvalue weighted by Crippen LogP contribution is -2.38. The Bertz CT molecular complexity index is 1130. The van der Waals surface area contributed by atoms with E-state index in [2.05, 4.69) is 46.4 Å². The van der Waals surface area contributed by atoms with Gasteiger partial charge >= 0.3 is 6.03 Å². The molecule has 2 heterocycles. The molecule has 0 unspecified atom stereocenters. The number of aryl methyl sites for hydroxylation is 1. The van der Waals surface area contributed by atoms with Gasteiger partial charge in [-0.2, -0.15) is 0 Å². The van der Waals surface area contributed by atoms with E-state index < -0.39 is 6.03 Å². The van der Waals surface area contributed by atoms with E-state index in [1.54, 1.807) is 6.08 Å². The lowest BCUT2D eigenvalue weighted by molar-refractivity contribution is -0.125. The highest BCUT2D eigenvalue weighted by Gasteiger charge is 2.27. The van der Waals surface area contributed by atoms with Gasteiger partial charge in [-0.05, 0) is 36.8 Å². The highest BCUT2D eigenvalue weighted by atomic mass is 16.2. The zero-order chi connectivity index (χ0) is 20.4. The summed E-state index contributed by atoms with van der Waals surface area (Å²) in [4.78, 5) is 36.1.